The van der Waals surface area contributed by atoms with Crippen LogP contribution in [-0.2, 0) is 6.54 Å². The summed E-state index contributed by atoms with van der Waals surface area (Å²) in [5, 5.41) is 4.32. The van der Waals surface area contributed by atoms with E-state index in [4.69, 9.17) is 4.99 Å². The predicted octanol–water partition coefficient (Wildman–Crippen LogP) is 2.62. The molecule has 2 heterocycles. The molecule has 4 heteroatoms. The molecule has 96 valence electrons. The molecule has 0 bridgehead atoms. The van der Waals surface area contributed by atoms with Gasteiger partial charge in [0.15, 0.2) is 5.82 Å². The Balaban J connectivity index is 1.98. The zero-order chi connectivity index (χ0) is 13.4. The lowest BCUT2D eigenvalue weighted by atomic mass is 10.0. The van der Waals surface area contributed by atoms with E-state index in [-0.39, 0.29) is 0 Å². The molecule has 0 amide bonds. The number of aromatic nitrogens is 3. The average molecular weight is 260 g/mol. The number of fused-ring (bicyclic) bond motifs is 3. The largest absolute Gasteiger partial charge is 0.276 e. The van der Waals surface area contributed by atoms with Gasteiger partial charge in [0.05, 0.1) is 17.9 Å². The second-order valence-electron chi connectivity index (χ2n) is 4.64. The Morgan fingerprint density at radius 3 is 2.60 bits per heavy atom. The van der Waals surface area contributed by atoms with E-state index in [1.807, 2.05) is 35.0 Å². The van der Waals surface area contributed by atoms with E-state index in [9.17, 15) is 0 Å². The van der Waals surface area contributed by atoms with Crippen molar-refractivity contribution in [1.82, 2.24) is 14.8 Å². The molecule has 0 radical (unpaired) electrons. The Hall–Kier alpha value is -2.75. The number of hydrogen-bond acceptors (Lipinski definition) is 3. The average Bonchev–Trinajstić information content (AvgIpc) is 2.92. The van der Waals surface area contributed by atoms with Crippen molar-refractivity contribution in [2.45, 2.75) is 6.54 Å². The highest BCUT2D eigenvalue weighted by atomic mass is 15.3. The maximum atomic E-state index is 4.74. The van der Waals surface area contributed by atoms with E-state index in [2.05, 4.69) is 34.3 Å². The summed E-state index contributed by atoms with van der Waals surface area (Å²) in [5.74, 6) is 0.864. The van der Waals surface area contributed by atoms with E-state index in [0.29, 0.717) is 6.54 Å². The summed E-state index contributed by atoms with van der Waals surface area (Å²) in [5.41, 5.74) is 4.22. The lowest BCUT2D eigenvalue weighted by Crippen LogP contribution is -2.07. The molecule has 0 fully saturated rings. The Morgan fingerprint density at radius 2 is 1.70 bits per heavy atom. The van der Waals surface area contributed by atoms with Crippen LogP contribution in [0.25, 0.3) is 5.69 Å². The summed E-state index contributed by atoms with van der Waals surface area (Å²) >= 11 is 0. The topological polar surface area (TPSA) is 43.1 Å². The molecular weight excluding hydrogens is 248 g/mol. The smallest absolute Gasteiger partial charge is 0.153 e. The van der Waals surface area contributed by atoms with Gasteiger partial charge in [0.1, 0.15) is 6.33 Å². The van der Waals surface area contributed by atoms with E-state index >= 15 is 0 Å². The van der Waals surface area contributed by atoms with Gasteiger partial charge in [-0.25, -0.2) is 9.67 Å². The van der Waals surface area contributed by atoms with Crippen molar-refractivity contribution < 1.29 is 0 Å². The molecule has 1 aliphatic rings. The first-order valence-electron chi connectivity index (χ1n) is 6.52. The van der Waals surface area contributed by atoms with Gasteiger partial charge in [-0.15, -0.1) is 0 Å². The molecule has 1 aliphatic heterocycles. The maximum absolute atomic E-state index is 4.74. The van der Waals surface area contributed by atoms with Crippen molar-refractivity contribution in [3.8, 4) is 5.69 Å². The van der Waals surface area contributed by atoms with Crippen LogP contribution in [0.4, 0.5) is 0 Å². The number of hydrogen-bond donors (Lipinski definition) is 0. The van der Waals surface area contributed by atoms with Crippen molar-refractivity contribution in [2.75, 3.05) is 0 Å². The molecular formula is C16H12N4. The molecule has 0 atom stereocenters. The van der Waals surface area contributed by atoms with E-state index in [1.165, 1.54) is 0 Å². The van der Waals surface area contributed by atoms with Gasteiger partial charge in [0.25, 0.3) is 0 Å². The van der Waals surface area contributed by atoms with Crippen LogP contribution in [0, 0.1) is 0 Å². The zero-order valence-corrected chi connectivity index (χ0v) is 10.8. The highest BCUT2D eigenvalue weighted by Crippen LogP contribution is 2.23. The Bertz CT molecular complexity index is 787. The van der Waals surface area contributed by atoms with Crippen LogP contribution in [0.2, 0.25) is 0 Å². The number of nitrogens with zero attached hydrogens (tertiary/aromatic N) is 4. The minimum absolute atomic E-state index is 0.541. The zero-order valence-electron chi connectivity index (χ0n) is 10.8. The third-order valence-electron chi connectivity index (χ3n) is 3.43. The summed E-state index contributed by atoms with van der Waals surface area (Å²) in [7, 11) is 0. The van der Waals surface area contributed by atoms with Gasteiger partial charge >= 0.3 is 0 Å². The van der Waals surface area contributed by atoms with E-state index in [1.54, 1.807) is 6.33 Å². The molecule has 3 aromatic rings. The van der Waals surface area contributed by atoms with Crippen LogP contribution in [0.15, 0.2) is 65.9 Å². The predicted molar refractivity (Wildman–Crippen MR) is 77.1 cm³/mol. The van der Waals surface area contributed by atoms with Crippen molar-refractivity contribution in [1.29, 1.82) is 0 Å². The van der Waals surface area contributed by atoms with E-state index in [0.717, 1.165) is 28.4 Å². The van der Waals surface area contributed by atoms with Gasteiger partial charge < -0.3 is 0 Å². The molecule has 4 nitrogen and oxygen atoms in total. The second-order valence-corrected chi connectivity index (χ2v) is 4.64. The fraction of sp³-hybridized carbons (Fsp3) is 0.0625. The number of aliphatic imine (C=N–C) groups is 1. The van der Waals surface area contributed by atoms with Gasteiger partial charge in [-0.3, -0.25) is 4.99 Å². The molecule has 4 rings (SSSR count). The fourth-order valence-electron chi connectivity index (χ4n) is 2.51. The first-order chi connectivity index (χ1) is 9.93. The minimum atomic E-state index is 0.541. The summed E-state index contributed by atoms with van der Waals surface area (Å²) < 4.78 is 1.87. The highest BCUT2D eigenvalue weighted by molar-refractivity contribution is 6.15. The van der Waals surface area contributed by atoms with Gasteiger partial charge in [-0.1, -0.05) is 48.5 Å². The first-order valence-corrected chi connectivity index (χ1v) is 6.52. The number of rotatable bonds is 1. The summed E-state index contributed by atoms with van der Waals surface area (Å²) in [4.78, 5) is 9.03. The SMILES string of the molecule is c1ccc(C2=NCc3ncnn3-c3ccccc32)cc1. The summed E-state index contributed by atoms with van der Waals surface area (Å²) in [6, 6.07) is 18.4. The highest BCUT2D eigenvalue weighted by Gasteiger charge is 2.18. The first kappa shape index (κ1) is 11.1. The molecule has 1 aromatic heterocycles. The second kappa shape index (κ2) is 4.42. The van der Waals surface area contributed by atoms with Gasteiger partial charge in [-0.05, 0) is 6.07 Å². The standard InChI is InChI=1S/C16H12N4/c1-2-6-12(7-3-1)16-13-8-4-5-9-14(13)20-15(10-17-16)18-11-19-20/h1-9,11H,10H2. The third kappa shape index (κ3) is 1.66. The van der Waals surface area contributed by atoms with Gasteiger partial charge in [0.2, 0.25) is 0 Å². The molecule has 0 saturated heterocycles. The molecule has 20 heavy (non-hydrogen) atoms. The van der Waals surface area contributed by atoms with Crippen LogP contribution in [0.1, 0.15) is 17.0 Å². The quantitative estimate of drug-likeness (QED) is 0.675. The molecule has 0 unspecified atom stereocenters. The van der Waals surface area contributed by atoms with Crippen LogP contribution in [-0.4, -0.2) is 20.5 Å². The molecule has 0 N–H and O–H groups in total. The Kier molecular flexibility index (Phi) is 2.45. The molecule has 2 aromatic carbocycles. The van der Waals surface area contributed by atoms with Crippen molar-refractivity contribution in [2.24, 2.45) is 4.99 Å². The Labute approximate surface area is 116 Å². The van der Waals surface area contributed by atoms with Gasteiger partial charge in [0, 0.05) is 11.1 Å². The normalized spacial score (nSPS) is 13.1. The Morgan fingerprint density at radius 1 is 0.900 bits per heavy atom. The lowest BCUT2D eigenvalue weighted by molar-refractivity contribution is 0.798. The van der Waals surface area contributed by atoms with Gasteiger partial charge in [-0.2, -0.15) is 5.10 Å². The van der Waals surface area contributed by atoms with Crippen LogP contribution in [0.3, 0.4) is 0 Å². The van der Waals surface area contributed by atoms with Crippen molar-refractivity contribution in [3.05, 3.63) is 77.9 Å². The third-order valence-corrected chi connectivity index (χ3v) is 3.43. The van der Waals surface area contributed by atoms with Crippen molar-refractivity contribution >= 4 is 5.71 Å². The number of benzene rings is 2. The van der Waals surface area contributed by atoms with Crippen LogP contribution in [0.5, 0.6) is 0 Å². The van der Waals surface area contributed by atoms with Crippen LogP contribution >= 0.6 is 0 Å². The van der Waals surface area contributed by atoms with E-state index < -0.39 is 0 Å². The monoisotopic (exact) mass is 260 g/mol. The van der Waals surface area contributed by atoms with Crippen molar-refractivity contribution in [3.63, 3.8) is 0 Å². The lowest BCUT2D eigenvalue weighted by Gasteiger charge is -2.10. The summed E-state index contributed by atoms with van der Waals surface area (Å²) in [6.45, 7) is 0.541. The summed E-state index contributed by atoms with van der Waals surface area (Å²) in [6.07, 6.45) is 1.58. The fourth-order valence-corrected chi connectivity index (χ4v) is 2.51. The molecule has 0 spiro atoms. The van der Waals surface area contributed by atoms with Crippen LogP contribution < -0.4 is 0 Å². The maximum Gasteiger partial charge on any atom is 0.153 e. The molecule has 0 saturated carbocycles. The minimum Gasteiger partial charge on any atom is -0.276 e. The molecule has 0 aliphatic carbocycles. The number of para-hydroxylation sites is 1.